The van der Waals surface area contributed by atoms with Gasteiger partial charge in [-0.25, -0.2) is 0 Å². The predicted octanol–water partition coefficient (Wildman–Crippen LogP) is 2.60. The zero-order valence-electron chi connectivity index (χ0n) is 12.0. The largest absolute Gasteiger partial charge is 0.486 e. The predicted molar refractivity (Wildman–Crippen MR) is 84.1 cm³/mol. The van der Waals surface area contributed by atoms with Gasteiger partial charge in [0.2, 0.25) is 5.91 Å². The molecule has 0 aliphatic carbocycles. The number of rotatable bonds is 6. The van der Waals surface area contributed by atoms with E-state index in [0.29, 0.717) is 31.3 Å². The Morgan fingerprint density at radius 3 is 2.95 bits per heavy atom. The van der Waals surface area contributed by atoms with E-state index in [2.05, 4.69) is 5.32 Å². The standard InChI is InChI=1S/C16H17NO4S/c18-15(17-9-13-4-2-6-19-13)11-22-10-12-3-1-5-14-16(12)21-8-7-20-14/h1-6H,7-11H2,(H,17,18). The van der Waals surface area contributed by atoms with Crippen molar-refractivity contribution in [2.24, 2.45) is 0 Å². The van der Waals surface area contributed by atoms with E-state index < -0.39 is 0 Å². The molecule has 6 heteroatoms. The van der Waals surface area contributed by atoms with Crippen molar-refractivity contribution < 1.29 is 18.7 Å². The molecule has 0 saturated heterocycles. The molecule has 0 radical (unpaired) electrons. The van der Waals surface area contributed by atoms with Gasteiger partial charge < -0.3 is 19.2 Å². The third kappa shape index (κ3) is 3.76. The van der Waals surface area contributed by atoms with E-state index in [1.165, 1.54) is 0 Å². The van der Waals surface area contributed by atoms with Crippen LogP contribution in [0.5, 0.6) is 11.5 Å². The lowest BCUT2D eigenvalue weighted by Crippen LogP contribution is -2.24. The van der Waals surface area contributed by atoms with Gasteiger partial charge in [-0.3, -0.25) is 4.79 Å². The van der Waals surface area contributed by atoms with Crippen LogP contribution >= 0.6 is 11.8 Å². The van der Waals surface area contributed by atoms with Crippen LogP contribution in [0, 0.1) is 0 Å². The van der Waals surface area contributed by atoms with Crippen molar-refractivity contribution in [2.45, 2.75) is 12.3 Å². The molecule has 3 rings (SSSR count). The summed E-state index contributed by atoms with van der Waals surface area (Å²) < 4.78 is 16.4. The van der Waals surface area contributed by atoms with E-state index >= 15 is 0 Å². The van der Waals surface area contributed by atoms with Gasteiger partial charge in [0.05, 0.1) is 18.6 Å². The van der Waals surface area contributed by atoms with Crippen molar-refractivity contribution in [3.05, 3.63) is 47.9 Å². The summed E-state index contributed by atoms with van der Waals surface area (Å²) in [6.45, 7) is 1.57. The Balaban J connectivity index is 1.46. The van der Waals surface area contributed by atoms with Gasteiger partial charge in [0.15, 0.2) is 11.5 Å². The smallest absolute Gasteiger partial charge is 0.230 e. The molecular weight excluding hydrogens is 302 g/mol. The van der Waals surface area contributed by atoms with Crippen LogP contribution in [0.3, 0.4) is 0 Å². The molecule has 22 heavy (non-hydrogen) atoms. The first-order valence-corrected chi connectivity index (χ1v) is 8.23. The first-order valence-electron chi connectivity index (χ1n) is 7.07. The van der Waals surface area contributed by atoms with Crippen LogP contribution in [0.1, 0.15) is 11.3 Å². The second-order valence-corrected chi connectivity index (χ2v) is 5.78. The van der Waals surface area contributed by atoms with Gasteiger partial charge in [-0.2, -0.15) is 0 Å². The van der Waals surface area contributed by atoms with Crippen LogP contribution in [0.15, 0.2) is 41.0 Å². The Hall–Kier alpha value is -2.08. The number of carbonyl (C=O) groups excluding carboxylic acids is 1. The molecule has 1 N–H and O–H groups in total. The molecule has 0 spiro atoms. The Morgan fingerprint density at radius 2 is 2.09 bits per heavy atom. The number of carbonyl (C=O) groups is 1. The maximum absolute atomic E-state index is 11.8. The van der Waals surface area contributed by atoms with E-state index in [4.69, 9.17) is 13.9 Å². The van der Waals surface area contributed by atoms with Gasteiger partial charge in [-0.1, -0.05) is 12.1 Å². The number of hydrogen-bond donors (Lipinski definition) is 1. The third-order valence-electron chi connectivity index (χ3n) is 3.18. The minimum atomic E-state index is -0.0108. The normalized spacial score (nSPS) is 12.9. The number of para-hydroxylation sites is 1. The van der Waals surface area contributed by atoms with Crippen molar-refractivity contribution in [1.29, 1.82) is 0 Å². The van der Waals surface area contributed by atoms with Crippen molar-refractivity contribution >= 4 is 17.7 Å². The van der Waals surface area contributed by atoms with Crippen LogP contribution in [-0.4, -0.2) is 24.9 Å². The van der Waals surface area contributed by atoms with Crippen molar-refractivity contribution in [3.63, 3.8) is 0 Å². The van der Waals surface area contributed by atoms with Crippen LogP contribution in [0.25, 0.3) is 0 Å². The maximum Gasteiger partial charge on any atom is 0.230 e. The highest BCUT2D eigenvalue weighted by Gasteiger charge is 2.15. The fourth-order valence-electron chi connectivity index (χ4n) is 2.15. The van der Waals surface area contributed by atoms with E-state index in [9.17, 15) is 4.79 Å². The number of ether oxygens (including phenoxy) is 2. The molecular formula is C16H17NO4S. The second-order valence-electron chi connectivity index (χ2n) is 4.79. The number of thioether (sulfide) groups is 1. The number of benzene rings is 1. The number of nitrogens with one attached hydrogen (secondary N) is 1. The summed E-state index contributed by atoms with van der Waals surface area (Å²) >= 11 is 1.55. The molecule has 0 saturated carbocycles. The van der Waals surface area contributed by atoms with E-state index in [1.807, 2.05) is 24.3 Å². The Morgan fingerprint density at radius 1 is 1.18 bits per heavy atom. The first kappa shape index (κ1) is 14.8. The van der Waals surface area contributed by atoms with Crippen LogP contribution in [0.2, 0.25) is 0 Å². The van der Waals surface area contributed by atoms with Crippen LogP contribution in [-0.2, 0) is 17.1 Å². The summed E-state index contributed by atoms with van der Waals surface area (Å²) in [6, 6.07) is 9.48. The molecule has 1 amide bonds. The quantitative estimate of drug-likeness (QED) is 0.887. The number of hydrogen-bond acceptors (Lipinski definition) is 5. The topological polar surface area (TPSA) is 60.7 Å². The second kappa shape index (κ2) is 7.26. The zero-order valence-corrected chi connectivity index (χ0v) is 12.9. The molecule has 0 unspecified atom stereocenters. The van der Waals surface area contributed by atoms with Gasteiger partial charge in [0, 0.05) is 11.3 Å². The maximum atomic E-state index is 11.8. The summed E-state index contributed by atoms with van der Waals surface area (Å²) in [4.78, 5) is 11.8. The lowest BCUT2D eigenvalue weighted by atomic mass is 10.2. The minimum absolute atomic E-state index is 0.0108. The molecule has 116 valence electrons. The van der Waals surface area contributed by atoms with Crippen molar-refractivity contribution in [3.8, 4) is 11.5 Å². The van der Waals surface area contributed by atoms with E-state index in [1.54, 1.807) is 24.1 Å². The van der Waals surface area contributed by atoms with E-state index in [-0.39, 0.29) is 5.91 Å². The number of fused-ring (bicyclic) bond motifs is 1. The molecule has 0 fully saturated rings. The number of amides is 1. The summed E-state index contributed by atoms with van der Waals surface area (Å²) in [5.41, 5.74) is 1.06. The average Bonchev–Trinajstić information content (AvgIpc) is 3.07. The Bertz CT molecular complexity index is 627. The van der Waals surface area contributed by atoms with Crippen LogP contribution < -0.4 is 14.8 Å². The van der Waals surface area contributed by atoms with Gasteiger partial charge >= 0.3 is 0 Å². The monoisotopic (exact) mass is 319 g/mol. The average molecular weight is 319 g/mol. The minimum Gasteiger partial charge on any atom is -0.486 e. The number of furan rings is 1. The molecule has 0 atom stereocenters. The SMILES string of the molecule is O=C(CSCc1cccc2c1OCCO2)NCc1ccco1. The third-order valence-corrected chi connectivity index (χ3v) is 4.16. The summed E-state index contributed by atoms with van der Waals surface area (Å²) in [7, 11) is 0. The Kier molecular flexibility index (Phi) is 4.90. The molecule has 1 aliphatic rings. The van der Waals surface area contributed by atoms with Crippen molar-refractivity contribution in [1.82, 2.24) is 5.32 Å². The fraction of sp³-hybridized carbons (Fsp3) is 0.312. The zero-order chi connectivity index (χ0) is 15.2. The summed E-state index contributed by atoms with van der Waals surface area (Å²) in [5.74, 6) is 3.43. The van der Waals surface area contributed by atoms with Gasteiger partial charge in [-0.05, 0) is 18.2 Å². The van der Waals surface area contributed by atoms with Crippen LogP contribution in [0.4, 0.5) is 0 Å². The summed E-state index contributed by atoms with van der Waals surface area (Å²) in [6.07, 6.45) is 1.59. The van der Waals surface area contributed by atoms with Gasteiger partial charge in [-0.15, -0.1) is 11.8 Å². The van der Waals surface area contributed by atoms with Gasteiger partial charge in [0.25, 0.3) is 0 Å². The molecule has 2 aromatic rings. The lowest BCUT2D eigenvalue weighted by molar-refractivity contribution is -0.118. The first-order chi connectivity index (χ1) is 10.8. The molecule has 1 aromatic heterocycles. The Labute approximate surface area is 133 Å². The molecule has 5 nitrogen and oxygen atoms in total. The fourth-order valence-corrected chi connectivity index (χ4v) is 2.99. The highest BCUT2D eigenvalue weighted by atomic mass is 32.2. The lowest BCUT2D eigenvalue weighted by Gasteiger charge is -2.20. The highest BCUT2D eigenvalue weighted by molar-refractivity contribution is 7.99. The molecule has 1 aliphatic heterocycles. The van der Waals surface area contributed by atoms with Crippen molar-refractivity contribution in [2.75, 3.05) is 19.0 Å². The van der Waals surface area contributed by atoms with E-state index in [0.717, 1.165) is 22.8 Å². The molecule has 2 heterocycles. The molecule has 0 bridgehead atoms. The van der Waals surface area contributed by atoms with Gasteiger partial charge in [0.1, 0.15) is 19.0 Å². The molecule has 1 aromatic carbocycles. The summed E-state index contributed by atoms with van der Waals surface area (Å²) in [5, 5.41) is 2.82. The highest BCUT2D eigenvalue weighted by Crippen LogP contribution is 2.35.